The number of imidazole rings is 1. The maximum atomic E-state index is 13.1. The van der Waals surface area contributed by atoms with E-state index in [2.05, 4.69) is 29.0 Å². The Hall–Kier alpha value is -3.14. The molecule has 1 aliphatic heterocycles. The molecule has 0 radical (unpaired) electrons. The molecule has 1 aromatic heterocycles. The zero-order valence-corrected chi connectivity index (χ0v) is 13.6. The molecule has 0 saturated heterocycles. The highest BCUT2D eigenvalue weighted by molar-refractivity contribution is 6.37. The number of anilines is 2. The summed E-state index contributed by atoms with van der Waals surface area (Å²) in [6.07, 6.45) is 5.33. The van der Waals surface area contributed by atoms with Crippen LogP contribution in [-0.2, 0) is 4.79 Å². The summed E-state index contributed by atoms with van der Waals surface area (Å²) in [5.74, 6) is 0.481. The molecule has 2 aromatic carbocycles. The van der Waals surface area contributed by atoms with Crippen molar-refractivity contribution >= 4 is 29.2 Å². The molecule has 0 aliphatic carbocycles. The van der Waals surface area contributed by atoms with E-state index in [9.17, 15) is 4.79 Å². The molecule has 0 saturated carbocycles. The third-order valence-corrected chi connectivity index (χ3v) is 4.28. The van der Waals surface area contributed by atoms with E-state index in [1.165, 1.54) is 5.56 Å². The fourth-order valence-electron chi connectivity index (χ4n) is 3.08. The Morgan fingerprint density at radius 1 is 1.08 bits per heavy atom. The fraction of sp³-hybridized carbons (Fsp3) is 0.100. The van der Waals surface area contributed by atoms with Crippen molar-refractivity contribution in [1.29, 1.82) is 0 Å². The van der Waals surface area contributed by atoms with E-state index in [-0.39, 0.29) is 5.91 Å². The predicted octanol–water partition coefficient (Wildman–Crippen LogP) is 4.25. The normalized spacial score (nSPS) is 15.2. The van der Waals surface area contributed by atoms with Crippen LogP contribution in [0.15, 0.2) is 54.9 Å². The number of nitrogens with one attached hydrogen (secondary N) is 1. The Bertz CT molecular complexity index is 938. The van der Waals surface area contributed by atoms with Gasteiger partial charge in [0.25, 0.3) is 5.91 Å². The van der Waals surface area contributed by atoms with Crippen LogP contribution in [0, 0.1) is 13.8 Å². The number of hydrogen-bond acceptors (Lipinski definition) is 2. The Labute approximate surface area is 140 Å². The van der Waals surface area contributed by atoms with Gasteiger partial charge in [0.05, 0.1) is 11.3 Å². The predicted molar refractivity (Wildman–Crippen MR) is 96.0 cm³/mol. The summed E-state index contributed by atoms with van der Waals surface area (Å²) < 4.78 is 0. The molecule has 4 rings (SSSR count). The van der Waals surface area contributed by atoms with E-state index in [1.54, 1.807) is 17.3 Å². The molecule has 24 heavy (non-hydrogen) atoms. The van der Waals surface area contributed by atoms with E-state index in [0.717, 1.165) is 22.4 Å². The number of carbonyl (C=O) groups excluding carboxylic acids is 1. The number of hydrogen-bond donors (Lipinski definition) is 1. The lowest BCUT2D eigenvalue weighted by Crippen LogP contribution is -2.21. The topological polar surface area (TPSA) is 49.0 Å². The van der Waals surface area contributed by atoms with Gasteiger partial charge in [-0.2, -0.15) is 0 Å². The van der Waals surface area contributed by atoms with Gasteiger partial charge in [0.2, 0.25) is 5.95 Å². The van der Waals surface area contributed by atoms with Crippen LogP contribution in [0.4, 0.5) is 11.6 Å². The number of amides is 1. The fourth-order valence-corrected chi connectivity index (χ4v) is 3.08. The van der Waals surface area contributed by atoms with Gasteiger partial charge in [0.15, 0.2) is 0 Å². The van der Waals surface area contributed by atoms with Gasteiger partial charge in [-0.15, -0.1) is 0 Å². The third-order valence-electron chi connectivity index (χ3n) is 4.28. The van der Waals surface area contributed by atoms with Crippen LogP contribution >= 0.6 is 0 Å². The van der Waals surface area contributed by atoms with Crippen molar-refractivity contribution < 1.29 is 4.79 Å². The first-order valence-electron chi connectivity index (χ1n) is 7.87. The second kappa shape index (κ2) is 5.49. The van der Waals surface area contributed by atoms with Crippen molar-refractivity contribution in [2.24, 2.45) is 0 Å². The number of aryl methyl sites for hydroxylation is 2. The first-order chi connectivity index (χ1) is 11.6. The molecule has 4 nitrogen and oxygen atoms in total. The largest absolute Gasteiger partial charge is 0.330 e. The summed E-state index contributed by atoms with van der Waals surface area (Å²) in [7, 11) is 0. The first-order valence-corrected chi connectivity index (χ1v) is 7.87. The zero-order valence-electron chi connectivity index (χ0n) is 13.6. The number of aromatic amines is 1. The highest BCUT2D eigenvalue weighted by atomic mass is 16.2. The number of benzene rings is 2. The summed E-state index contributed by atoms with van der Waals surface area (Å²) in [6, 6.07) is 14.1. The molecule has 3 aromatic rings. The lowest BCUT2D eigenvalue weighted by molar-refractivity contribution is -0.112. The number of H-pyrrole nitrogens is 1. The van der Waals surface area contributed by atoms with Gasteiger partial charge in [-0.05, 0) is 37.1 Å². The maximum Gasteiger partial charge on any atom is 0.265 e. The Balaban J connectivity index is 1.90. The zero-order chi connectivity index (χ0) is 16.7. The number of carbonyl (C=O) groups is 1. The van der Waals surface area contributed by atoms with Gasteiger partial charge >= 0.3 is 0 Å². The van der Waals surface area contributed by atoms with Crippen LogP contribution in [0.3, 0.4) is 0 Å². The average molecular weight is 315 g/mol. The molecule has 118 valence electrons. The van der Waals surface area contributed by atoms with Crippen LogP contribution in [-0.4, -0.2) is 15.9 Å². The van der Waals surface area contributed by atoms with Crippen LogP contribution in [0.5, 0.6) is 0 Å². The smallest absolute Gasteiger partial charge is 0.265 e. The molecule has 4 heteroatoms. The summed E-state index contributed by atoms with van der Waals surface area (Å²) in [5.41, 5.74) is 5.83. The molecule has 0 fully saturated rings. The van der Waals surface area contributed by atoms with Gasteiger partial charge < -0.3 is 4.98 Å². The number of fused-ring (bicyclic) bond motifs is 1. The molecular weight excluding hydrogens is 298 g/mol. The van der Waals surface area contributed by atoms with E-state index in [0.29, 0.717) is 11.5 Å². The van der Waals surface area contributed by atoms with E-state index in [1.807, 2.05) is 43.3 Å². The van der Waals surface area contributed by atoms with Gasteiger partial charge in [0.1, 0.15) is 0 Å². The van der Waals surface area contributed by atoms with Crippen LogP contribution in [0.2, 0.25) is 0 Å². The van der Waals surface area contributed by atoms with Crippen molar-refractivity contribution in [2.45, 2.75) is 13.8 Å². The summed E-state index contributed by atoms with van der Waals surface area (Å²) in [5, 5.41) is 0. The third kappa shape index (κ3) is 2.24. The van der Waals surface area contributed by atoms with E-state index < -0.39 is 0 Å². The molecule has 0 unspecified atom stereocenters. The molecule has 0 atom stereocenters. The maximum absolute atomic E-state index is 13.1. The Morgan fingerprint density at radius 2 is 1.88 bits per heavy atom. The number of nitrogens with zero attached hydrogens (tertiary/aromatic N) is 2. The van der Waals surface area contributed by atoms with Gasteiger partial charge in [-0.1, -0.05) is 42.0 Å². The summed E-state index contributed by atoms with van der Waals surface area (Å²) in [6.45, 7) is 4.08. The van der Waals surface area contributed by atoms with Crippen molar-refractivity contribution in [3.05, 3.63) is 77.1 Å². The van der Waals surface area contributed by atoms with Crippen LogP contribution in [0.25, 0.3) is 11.6 Å². The molecule has 1 N–H and O–H groups in total. The van der Waals surface area contributed by atoms with Crippen molar-refractivity contribution in [3.8, 4) is 0 Å². The molecule has 0 spiro atoms. The molecular formula is C20H17N3O. The lowest BCUT2D eigenvalue weighted by atomic mass is 9.99. The molecule has 1 amide bonds. The SMILES string of the molecule is Cc1ccc(C=C2C(=O)N(c3ncc[nH]3)c3cccc(C)c32)cc1. The average Bonchev–Trinajstić information content (AvgIpc) is 3.17. The molecule has 1 aliphatic rings. The van der Waals surface area contributed by atoms with Gasteiger partial charge in [-0.25, -0.2) is 9.88 Å². The minimum absolute atomic E-state index is 0.0603. The number of aromatic nitrogens is 2. The summed E-state index contributed by atoms with van der Waals surface area (Å²) in [4.78, 5) is 22.0. The Morgan fingerprint density at radius 3 is 2.58 bits per heavy atom. The molecule has 0 bridgehead atoms. The van der Waals surface area contributed by atoms with E-state index in [4.69, 9.17) is 0 Å². The highest BCUT2D eigenvalue weighted by Gasteiger charge is 2.35. The minimum atomic E-state index is -0.0603. The minimum Gasteiger partial charge on any atom is -0.330 e. The van der Waals surface area contributed by atoms with Gasteiger partial charge in [-0.3, -0.25) is 4.79 Å². The lowest BCUT2D eigenvalue weighted by Gasteiger charge is -2.13. The van der Waals surface area contributed by atoms with Crippen molar-refractivity contribution in [1.82, 2.24) is 9.97 Å². The van der Waals surface area contributed by atoms with Gasteiger partial charge in [0, 0.05) is 18.0 Å². The second-order valence-electron chi connectivity index (χ2n) is 5.99. The number of rotatable bonds is 2. The van der Waals surface area contributed by atoms with Crippen LogP contribution < -0.4 is 4.90 Å². The standard InChI is InChI=1S/C20H17N3O/c1-13-6-8-15(9-7-13)12-16-18-14(2)4-3-5-17(18)23(19(16)24)20-21-10-11-22-20/h3-12H,1-2H3,(H,21,22). The van der Waals surface area contributed by atoms with Crippen molar-refractivity contribution in [3.63, 3.8) is 0 Å². The first kappa shape index (κ1) is 14.5. The van der Waals surface area contributed by atoms with Crippen LogP contribution in [0.1, 0.15) is 22.3 Å². The Kier molecular flexibility index (Phi) is 3.31. The highest BCUT2D eigenvalue weighted by Crippen LogP contribution is 2.42. The molecule has 2 heterocycles. The second-order valence-corrected chi connectivity index (χ2v) is 5.99. The summed E-state index contributed by atoms with van der Waals surface area (Å²) >= 11 is 0. The monoisotopic (exact) mass is 315 g/mol. The van der Waals surface area contributed by atoms with Crippen molar-refractivity contribution in [2.75, 3.05) is 4.90 Å². The quantitative estimate of drug-likeness (QED) is 0.719. The van der Waals surface area contributed by atoms with E-state index >= 15 is 0 Å².